The van der Waals surface area contributed by atoms with E-state index in [0.717, 1.165) is 11.4 Å². The third-order valence-corrected chi connectivity index (χ3v) is 3.67. The van der Waals surface area contributed by atoms with Crippen molar-refractivity contribution in [2.45, 2.75) is 20.3 Å². The second kappa shape index (κ2) is 5.52. The molecule has 1 atom stereocenters. The molecule has 0 spiro atoms. The number of carbonyl (C=O) groups is 2. The normalized spacial score (nSPS) is 18.4. The zero-order valence-corrected chi connectivity index (χ0v) is 11.9. The van der Waals surface area contributed by atoms with Crippen LogP contribution in [0.2, 0.25) is 0 Å². The first-order valence-corrected chi connectivity index (χ1v) is 6.53. The van der Waals surface area contributed by atoms with Gasteiger partial charge in [0.05, 0.1) is 11.6 Å². The molecule has 1 amide bonds. The molecular weight excluding hydrogens is 262 g/mol. The van der Waals surface area contributed by atoms with Crippen LogP contribution in [0.25, 0.3) is 0 Å². The lowest BCUT2D eigenvalue weighted by molar-refractivity contribution is -0.141. The van der Waals surface area contributed by atoms with Crippen LogP contribution in [0.5, 0.6) is 5.75 Å². The SMILES string of the molecule is Cc1nn(C)c(C)c1OCC(=O)N1CCC(C(=O)O)C1. The van der Waals surface area contributed by atoms with E-state index in [2.05, 4.69) is 5.10 Å². The highest BCUT2D eigenvalue weighted by molar-refractivity contribution is 5.80. The summed E-state index contributed by atoms with van der Waals surface area (Å²) in [5, 5.41) is 13.1. The number of amides is 1. The molecule has 0 aliphatic carbocycles. The summed E-state index contributed by atoms with van der Waals surface area (Å²) in [7, 11) is 1.81. The minimum atomic E-state index is -0.847. The van der Waals surface area contributed by atoms with E-state index in [-0.39, 0.29) is 19.1 Å². The van der Waals surface area contributed by atoms with E-state index >= 15 is 0 Å². The molecule has 0 radical (unpaired) electrons. The maximum atomic E-state index is 12.0. The molecule has 0 aromatic carbocycles. The fraction of sp³-hybridized carbons (Fsp3) is 0.615. The number of carbonyl (C=O) groups excluding carboxylic acids is 1. The van der Waals surface area contributed by atoms with Crippen LogP contribution in [0.4, 0.5) is 0 Å². The molecule has 110 valence electrons. The van der Waals surface area contributed by atoms with Crippen LogP contribution < -0.4 is 4.74 Å². The summed E-state index contributed by atoms with van der Waals surface area (Å²) in [6.07, 6.45) is 0.506. The summed E-state index contributed by atoms with van der Waals surface area (Å²) in [5.74, 6) is -0.868. The number of carboxylic acid groups (broad SMARTS) is 1. The predicted molar refractivity (Wildman–Crippen MR) is 70.5 cm³/mol. The molecule has 1 N–H and O–H groups in total. The molecule has 1 aromatic rings. The fourth-order valence-electron chi connectivity index (χ4n) is 2.38. The van der Waals surface area contributed by atoms with E-state index in [1.807, 2.05) is 20.9 Å². The number of likely N-dealkylation sites (tertiary alicyclic amines) is 1. The van der Waals surface area contributed by atoms with Crippen LogP contribution >= 0.6 is 0 Å². The summed E-state index contributed by atoms with van der Waals surface area (Å²) in [4.78, 5) is 24.4. The molecule has 1 aromatic heterocycles. The van der Waals surface area contributed by atoms with Crippen LogP contribution in [0.1, 0.15) is 17.8 Å². The number of rotatable bonds is 4. The maximum absolute atomic E-state index is 12.0. The average Bonchev–Trinajstić information content (AvgIpc) is 2.95. The number of aliphatic carboxylic acids is 1. The summed E-state index contributed by atoms with van der Waals surface area (Å²) in [6.45, 7) is 4.35. The van der Waals surface area contributed by atoms with Crippen molar-refractivity contribution in [3.8, 4) is 5.75 Å². The first-order chi connectivity index (χ1) is 9.40. The molecule has 1 saturated heterocycles. The molecule has 1 aliphatic heterocycles. The largest absolute Gasteiger partial charge is 0.481 e. The van der Waals surface area contributed by atoms with Crippen molar-refractivity contribution in [3.63, 3.8) is 0 Å². The third-order valence-electron chi connectivity index (χ3n) is 3.67. The summed E-state index contributed by atoms with van der Waals surface area (Å²) >= 11 is 0. The Kier molecular flexibility index (Phi) is 3.96. The first kappa shape index (κ1) is 14.4. The van der Waals surface area contributed by atoms with Crippen LogP contribution in [0, 0.1) is 19.8 Å². The van der Waals surface area contributed by atoms with Crippen molar-refractivity contribution in [1.29, 1.82) is 0 Å². The Morgan fingerprint density at radius 3 is 2.65 bits per heavy atom. The lowest BCUT2D eigenvalue weighted by atomic mass is 10.1. The molecule has 7 nitrogen and oxygen atoms in total. The molecule has 1 aliphatic rings. The molecule has 7 heteroatoms. The fourth-order valence-corrected chi connectivity index (χ4v) is 2.38. The van der Waals surface area contributed by atoms with Crippen molar-refractivity contribution >= 4 is 11.9 Å². The van der Waals surface area contributed by atoms with Gasteiger partial charge < -0.3 is 14.7 Å². The number of carboxylic acids is 1. The van der Waals surface area contributed by atoms with Crippen molar-refractivity contribution in [3.05, 3.63) is 11.4 Å². The highest BCUT2D eigenvalue weighted by atomic mass is 16.5. The van der Waals surface area contributed by atoms with Gasteiger partial charge in [-0.1, -0.05) is 0 Å². The number of hydrogen-bond acceptors (Lipinski definition) is 4. The third kappa shape index (κ3) is 2.76. The smallest absolute Gasteiger partial charge is 0.308 e. The molecular formula is C13H19N3O4. The Morgan fingerprint density at radius 1 is 1.45 bits per heavy atom. The summed E-state index contributed by atoms with van der Waals surface area (Å²) in [5.41, 5.74) is 1.60. The van der Waals surface area contributed by atoms with Crippen LogP contribution in [-0.4, -0.2) is 51.4 Å². The summed E-state index contributed by atoms with van der Waals surface area (Å²) < 4.78 is 7.24. The Bertz CT molecular complexity index is 538. The maximum Gasteiger partial charge on any atom is 0.308 e. The second-order valence-corrected chi connectivity index (χ2v) is 5.08. The van der Waals surface area contributed by atoms with Gasteiger partial charge in [0.25, 0.3) is 5.91 Å². The highest BCUT2D eigenvalue weighted by Gasteiger charge is 2.31. The lowest BCUT2D eigenvalue weighted by Crippen LogP contribution is -2.33. The molecule has 1 fully saturated rings. The van der Waals surface area contributed by atoms with Gasteiger partial charge in [-0.05, 0) is 20.3 Å². The van der Waals surface area contributed by atoms with Gasteiger partial charge in [-0.25, -0.2) is 0 Å². The Balaban J connectivity index is 1.91. The van der Waals surface area contributed by atoms with Gasteiger partial charge in [-0.15, -0.1) is 0 Å². The Morgan fingerprint density at radius 2 is 2.15 bits per heavy atom. The van der Waals surface area contributed by atoms with Crippen molar-refractivity contribution in [1.82, 2.24) is 14.7 Å². The molecule has 0 saturated carbocycles. The van der Waals surface area contributed by atoms with Gasteiger partial charge in [0.15, 0.2) is 12.4 Å². The van der Waals surface area contributed by atoms with E-state index in [1.165, 1.54) is 0 Å². The predicted octanol–water partition coefficient (Wildman–Crippen LogP) is 0.349. The van der Waals surface area contributed by atoms with Gasteiger partial charge in [-0.2, -0.15) is 5.10 Å². The standard InChI is InChI=1S/C13H19N3O4/c1-8-12(9(2)15(3)14-8)20-7-11(17)16-5-4-10(6-16)13(18)19/h10H,4-7H2,1-3H3,(H,18,19). The quantitative estimate of drug-likeness (QED) is 0.860. The monoisotopic (exact) mass is 281 g/mol. The van der Waals surface area contributed by atoms with Gasteiger partial charge in [0.2, 0.25) is 0 Å². The van der Waals surface area contributed by atoms with Crippen LogP contribution in [-0.2, 0) is 16.6 Å². The highest BCUT2D eigenvalue weighted by Crippen LogP contribution is 2.22. The molecule has 2 rings (SSSR count). The minimum Gasteiger partial charge on any atom is -0.481 e. The van der Waals surface area contributed by atoms with Crippen molar-refractivity contribution in [2.24, 2.45) is 13.0 Å². The molecule has 20 heavy (non-hydrogen) atoms. The van der Waals surface area contributed by atoms with Gasteiger partial charge >= 0.3 is 5.97 Å². The van der Waals surface area contributed by atoms with Crippen molar-refractivity contribution in [2.75, 3.05) is 19.7 Å². The number of aryl methyl sites for hydroxylation is 2. The Hall–Kier alpha value is -2.05. The van der Waals surface area contributed by atoms with E-state index in [1.54, 1.807) is 9.58 Å². The zero-order chi connectivity index (χ0) is 14.9. The number of aromatic nitrogens is 2. The van der Waals surface area contributed by atoms with Crippen LogP contribution in [0.3, 0.4) is 0 Å². The molecule has 2 heterocycles. The summed E-state index contributed by atoms with van der Waals surface area (Å²) in [6, 6.07) is 0. The topological polar surface area (TPSA) is 84.7 Å². The van der Waals surface area contributed by atoms with Gasteiger partial charge in [-0.3, -0.25) is 14.3 Å². The number of ether oxygens (including phenoxy) is 1. The minimum absolute atomic E-state index is 0.0836. The van der Waals surface area contributed by atoms with E-state index in [4.69, 9.17) is 9.84 Å². The van der Waals surface area contributed by atoms with Crippen molar-refractivity contribution < 1.29 is 19.4 Å². The van der Waals surface area contributed by atoms with E-state index < -0.39 is 11.9 Å². The number of hydrogen-bond donors (Lipinski definition) is 1. The lowest BCUT2D eigenvalue weighted by Gasteiger charge is -2.16. The Labute approximate surface area is 117 Å². The first-order valence-electron chi connectivity index (χ1n) is 6.53. The van der Waals surface area contributed by atoms with Gasteiger partial charge in [0.1, 0.15) is 5.69 Å². The van der Waals surface area contributed by atoms with E-state index in [0.29, 0.717) is 18.7 Å². The van der Waals surface area contributed by atoms with Crippen LogP contribution in [0.15, 0.2) is 0 Å². The molecule has 0 bridgehead atoms. The zero-order valence-electron chi connectivity index (χ0n) is 11.9. The second-order valence-electron chi connectivity index (χ2n) is 5.08. The average molecular weight is 281 g/mol. The van der Waals surface area contributed by atoms with Gasteiger partial charge in [0, 0.05) is 20.1 Å². The molecule has 1 unspecified atom stereocenters. The van der Waals surface area contributed by atoms with E-state index in [9.17, 15) is 9.59 Å². The number of nitrogens with zero attached hydrogens (tertiary/aromatic N) is 3.